The lowest BCUT2D eigenvalue weighted by atomic mass is 9.84. The highest BCUT2D eigenvalue weighted by Gasteiger charge is 2.27. The Bertz CT molecular complexity index is 3500. The predicted molar refractivity (Wildman–Crippen MR) is 294 cm³/mol. The van der Waals surface area contributed by atoms with Crippen LogP contribution in [-0.4, -0.2) is 15.4 Å². The lowest BCUT2D eigenvalue weighted by molar-refractivity contribution is 0.309. The second kappa shape index (κ2) is 20.2. The molecule has 1 aliphatic rings. The molecule has 0 radical (unpaired) electrons. The molecular formula is C63H48N4OS2. The molecule has 9 aromatic carbocycles. The first-order valence-corrected chi connectivity index (χ1v) is 25.2. The van der Waals surface area contributed by atoms with Gasteiger partial charge in [0.05, 0.1) is 29.7 Å². The molecule has 70 heavy (non-hydrogen) atoms. The van der Waals surface area contributed by atoms with Gasteiger partial charge in [-0.05, 0) is 103 Å². The molecule has 0 saturated carbocycles. The van der Waals surface area contributed by atoms with Crippen molar-refractivity contribution in [2.75, 3.05) is 6.61 Å². The van der Waals surface area contributed by atoms with Gasteiger partial charge in [-0.1, -0.05) is 225 Å². The number of fused-ring (bicyclic) bond motifs is 2. The van der Waals surface area contributed by atoms with E-state index in [1.807, 2.05) is 0 Å². The minimum Gasteiger partial charge on any atom is -0.494 e. The van der Waals surface area contributed by atoms with Crippen LogP contribution in [0.4, 0.5) is 11.4 Å². The van der Waals surface area contributed by atoms with E-state index in [-0.39, 0.29) is 0 Å². The third-order valence-corrected chi connectivity index (χ3v) is 13.9. The Labute approximate surface area is 417 Å². The molecule has 0 fully saturated rings. The number of ether oxygens (including phenoxy) is 1. The number of hydrogen-bond donors (Lipinski definition) is 0. The molecule has 0 unspecified atom stereocenters. The maximum atomic E-state index is 6.11. The van der Waals surface area contributed by atoms with Crippen LogP contribution < -0.4 is 4.74 Å². The van der Waals surface area contributed by atoms with Gasteiger partial charge in [-0.15, -0.1) is 0 Å². The zero-order chi connectivity index (χ0) is 47.2. The van der Waals surface area contributed by atoms with Crippen molar-refractivity contribution in [3.63, 3.8) is 0 Å². The van der Waals surface area contributed by atoms with Crippen molar-refractivity contribution in [2.45, 2.75) is 26.7 Å². The second-order valence-electron chi connectivity index (χ2n) is 17.4. The summed E-state index contributed by atoms with van der Waals surface area (Å²) in [6, 6.07) is 77.8. The van der Waals surface area contributed by atoms with Gasteiger partial charge >= 0.3 is 0 Å². The first-order valence-electron chi connectivity index (χ1n) is 23.8. The van der Waals surface area contributed by atoms with Crippen molar-refractivity contribution in [1.82, 2.24) is 8.75 Å². The van der Waals surface area contributed by atoms with Crippen LogP contribution in [0.5, 0.6) is 5.75 Å². The van der Waals surface area contributed by atoms with Crippen molar-refractivity contribution in [1.29, 1.82) is 0 Å². The van der Waals surface area contributed by atoms with Gasteiger partial charge in [-0.25, -0.2) is 0 Å². The van der Waals surface area contributed by atoms with Gasteiger partial charge in [0.2, 0.25) is 0 Å². The van der Waals surface area contributed by atoms with Crippen LogP contribution in [0, 0.1) is 6.92 Å². The molecule has 338 valence electrons. The molecule has 0 N–H and O–H groups in total. The van der Waals surface area contributed by atoms with E-state index in [9.17, 15) is 0 Å². The summed E-state index contributed by atoms with van der Waals surface area (Å²) in [4.78, 5) is 0. The van der Waals surface area contributed by atoms with Crippen molar-refractivity contribution in [3.8, 4) is 28.0 Å². The Balaban J connectivity index is 1.02. The molecule has 2 heterocycles. The van der Waals surface area contributed by atoms with E-state index in [4.69, 9.17) is 22.2 Å². The molecule has 0 spiro atoms. The van der Waals surface area contributed by atoms with Crippen molar-refractivity contribution < 1.29 is 4.74 Å². The Morgan fingerprint density at radius 2 is 0.729 bits per heavy atom. The topological polar surface area (TPSA) is 59.7 Å². The lowest BCUT2D eigenvalue weighted by Gasteiger charge is -2.19. The van der Waals surface area contributed by atoms with E-state index in [0.717, 1.165) is 124 Å². The number of rotatable bonds is 14. The third-order valence-electron chi connectivity index (χ3n) is 12.8. The number of benzene rings is 9. The SMILES string of the molecule is CCCCOc1ccc(C(=C(c2ccccc2)c2ccccc2)c2ccc(-c3c4c(c(-c5ccc(C(=C(c6ccccc6)c6ccccc6)c6ccc(C)cc6)cc5)c5nsnc35)N=S=N4)cc2)cc1. The van der Waals surface area contributed by atoms with E-state index in [1.54, 1.807) is 0 Å². The van der Waals surface area contributed by atoms with Crippen LogP contribution in [0.1, 0.15) is 69.8 Å². The largest absolute Gasteiger partial charge is 0.494 e. The first kappa shape index (κ1) is 44.4. The highest BCUT2D eigenvalue weighted by atomic mass is 32.1. The monoisotopic (exact) mass is 940 g/mol. The molecule has 7 heteroatoms. The van der Waals surface area contributed by atoms with Crippen LogP contribution in [0.25, 0.3) is 55.6 Å². The fourth-order valence-electron chi connectivity index (χ4n) is 9.42. The normalized spacial score (nSPS) is 11.5. The molecule has 1 aliphatic heterocycles. The molecule has 0 amide bonds. The van der Waals surface area contributed by atoms with Gasteiger partial charge in [0.15, 0.2) is 0 Å². The summed E-state index contributed by atoms with van der Waals surface area (Å²) in [5.74, 6) is 0.873. The van der Waals surface area contributed by atoms with Gasteiger partial charge in [0.25, 0.3) is 0 Å². The summed E-state index contributed by atoms with van der Waals surface area (Å²) in [7, 11) is 0. The maximum Gasteiger partial charge on any atom is 0.119 e. The van der Waals surface area contributed by atoms with Crippen LogP contribution in [-0.2, 0) is 11.4 Å². The summed E-state index contributed by atoms with van der Waals surface area (Å²) in [6.07, 6.45) is 2.11. The van der Waals surface area contributed by atoms with Gasteiger partial charge in [0.1, 0.15) is 28.2 Å². The lowest BCUT2D eigenvalue weighted by Crippen LogP contribution is -1.99. The summed E-state index contributed by atoms with van der Waals surface area (Å²) in [5.41, 5.74) is 22.0. The highest BCUT2D eigenvalue weighted by molar-refractivity contribution is 7.58. The molecular weight excluding hydrogens is 893 g/mol. The van der Waals surface area contributed by atoms with E-state index in [0.29, 0.717) is 6.61 Å². The fourth-order valence-corrected chi connectivity index (χ4v) is 10.5. The minimum absolute atomic E-state index is 0.703. The summed E-state index contributed by atoms with van der Waals surface area (Å²) >= 11 is 2.45. The summed E-state index contributed by atoms with van der Waals surface area (Å²) < 4.78 is 26.0. The molecule has 0 saturated heterocycles. The third kappa shape index (κ3) is 8.89. The van der Waals surface area contributed by atoms with Crippen LogP contribution >= 0.6 is 11.7 Å². The van der Waals surface area contributed by atoms with Crippen molar-refractivity contribution >= 4 is 67.8 Å². The van der Waals surface area contributed by atoms with E-state index >= 15 is 0 Å². The fraction of sp³-hybridized carbons (Fsp3) is 0.0794. The van der Waals surface area contributed by atoms with Gasteiger partial charge in [0, 0.05) is 11.1 Å². The molecule has 0 atom stereocenters. The zero-order valence-corrected chi connectivity index (χ0v) is 40.6. The summed E-state index contributed by atoms with van der Waals surface area (Å²) in [6.45, 7) is 5.02. The summed E-state index contributed by atoms with van der Waals surface area (Å²) in [5, 5.41) is 0. The van der Waals surface area contributed by atoms with E-state index in [2.05, 4.69) is 232 Å². The van der Waals surface area contributed by atoms with E-state index < -0.39 is 0 Å². The van der Waals surface area contributed by atoms with E-state index in [1.165, 1.54) is 34.2 Å². The van der Waals surface area contributed by atoms with Crippen LogP contribution in [0.2, 0.25) is 0 Å². The molecule has 0 bridgehead atoms. The van der Waals surface area contributed by atoms with Gasteiger partial charge < -0.3 is 4.74 Å². The van der Waals surface area contributed by atoms with Crippen LogP contribution in [0.15, 0.2) is 227 Å². The number of unbranched alkanes of at least 4 members (excludes halogenated alkanes) is 1. The Kier molecular flexibility index (Phi) is 12.8. The first-order chi connectivity index (χ1) is 34.6. The van der Waals surface area contributed by atoms with Crippen molar-refractivity contribution in [3.05, 3.63) is 268 Å². The van der Waals surface area contributed by atoms with Crippen LogP contribution in [0.3, 0.4) is 0 Å². The average Bonchev–Trinajstić information content (AvgIpc) is 4.12. The number of hydrogen-bond acceptors (Lipinski definition) is 6. The smallest absolute Gasteiger partial charge is 0.119 e. The quantitative estimate of drug-likeness (QED) is 0.0806. The molecule has 0 aliphatic carbocycles. The maximum absolute atomic E-state index is 6.11. The van der Waals surface area contributed by atoms with Gasteiger partial charge in [-0.3, -0.25) is 0 Å². The number of aromatic nitrogens is 2. The van der Waals surface area contributed by atoms with Crippen molar-refractivity contribution in [2.24, 2.45) is 8.73 Å². The number of nitrogens with zero attached hydrogens (tertiary/aromatic N) is 4. The minimum atomic E-state index is 0.703. The molecule has 11 rings (SSSR count). The molecule has 1 aromatic heterocycles. The highest BCUT2D eigenvalue weighted by Crippen LogP contribution is 2.52. The Morgan fingerprint density at radius 1 is 0.400 bits per heavy atom. The molecule has 5 nitrogen and oxygen atoms in total. The second-order valence-corrected chi connectivity index (χ2v) is 18.4. The average molecular weight is 941 g/mol. The molecule has 10 aromatic rings. The van der Waals surface area contributed by atoms with Gasteiger partial charge in [-0.2, -0.15) is 17.5 Å². The Morgan fingerprint density at radius 3 is 1.09 bits per heavy atom. The zero-order valence-electron chi connectivity index (χ0n) is 38.9. The Hall–Kier alpha value is -8.10. The number of aryl methyl sites for hydroxylation is 1. The predicted octanol–water partition coefficient (Wildman–Crippen LogP) is 17.3. The standard InChI is InChI=1S/C63H48N4OS2/c1-3-4-41-68-53-39-37-50(38-40-53)57(55(45-21-13-7-14-22-45)46-23-15-8-16-24-46)49-31-35-52(36-32-49)59-62-60(64-69-66-62)58(61-63(59)67-70-65-61)51-33-29-48(30-34-51)56(47-27-25-42(2)26-28-47)54(43-17-9-5-10-18-43)44-19-11-6-12-20-44/h5-40H,3-4,41H2,1-2H3.